The van der Waals surface area contributed by atoms with Crippen LogP contribution in [0.5, 0.6) is 0 Å². The lowest BCUT2D eigenvalue weighted by Gasteiger charge is -1.92. The lowest BCUT2D eigenvalue weighted by Crippen LogP contribution is -1.98. The molecule has 2 heteroatoms. The Labute approximate surface area is 83.2 Å². The van der Waals surface area contributed by atoms with Gasteiger partial charge in [-0.15, -0.1) is 0 Å². The van der Waals surface area contributed by atoms with E-state index in [1.54, 1.807) is 0 Å². The summed E-state index contributed by atoms with van der Waals surface area (Å²) >= 11 is 0. The van der Waals surface area contributed by atoms with Crippen molar-refractivity contribution in [2.75, 3.05) is 0 Å². The maximum atomic E-state index is 3.41. The van der Waals surface area contributed by atoms with Crippen molar-refractivity contribution >= 4 is 35.1 Å². The molecule has 0 amide bonds. The fraction of sp³-hybridized carbons (Fsp3) is 0. The van der Waals surface area contributed by atoms with Gasteiger partial charge in [0.1, 0.15) is 7.85 Å². The van der Waals surface area contributed by atoms with E-state index in [-0.39, 0.29) is 0 Å². The van der Waals surface area contributed by atoms with E-state index in [0.29, 0.717) is 0 Å². The highest BCUT2D eigenvalue weighted by Crippen LogP contribution is 2.23. The Balaban J connectivity index is 2.58. The summed E-state index contributed by atoms with van der Waals surface area (Å²) in [6.07, 6.45) is 0. The predicted molar refractivity (Wildman–Crippen MR) is 64.0 cm³/mol. The topological polar surface area (TPSA) is 15.8 Å². The number of nitrogens with one attached hydrogen (secondary N) is 1. The van der Waals surface area contributed by atoms with Crippen molar-refractivity contribution in [2.24, 2.45) is 0 Å². The molecule has 1 aromatic heterocycles. The van der Waals surface area contributed by atoms with Crippen LogP contribution < -0.4 is 5.46 Å². The summed E-state index contributed by atoms with van der Waals surface area (Å²) in [5.74, 6) is 0. The normalized spacial score (nSPS) is 11.1. The van der Waals surface area contributed by atoms with Crippen molar-refractivity contribution in [3.05, 3.63) is 42.5 Å². The van der Waals surface area contributed by atoms with Gasteiger partial charge in [-0.3, -0.25) is 0 Å². The molecule has 0 unspecified atom stereocenters. The first kappa shape index (κ1) is 7.68. The molecule has 3 rings (SSSR count). The molecule has 0 saturated carbocycles. The highest BCUT2D eigenvalue weighted by molar-refractivity contribution is 6.33. The van der Waals surface area contributed by atoms with Gasteiger partial charge >= 0.3 is 0 Å². The zero-order valence-corrected chi connectivity index (χ0v) is 8.04. The van der Waals surface area contributed by atoms with Gasteiger partial charge in [-0.2, -0.15) is 0 Å². The first-order valence-corrected chi connectivity index (χ1v) is 4.82. The summed E-state index contributed by atoms with van der Waals surface area (Å²) in [5.41, 5.74) is 3.74. The van der Waals surface area contributed by atoms with Crippen molar-refractivity contribution in [3.8, 4) is 0 Å². The van der Waals surface area contributed by atoms with Gasteiger partial charge in [0.15, 0.2) is 0 Å². The third kappa shape index (κ3) is 0.972. The van der Waals surface area contributed by atoms with Crippen LogP contribution in [-0.4, -0.2) is 12.8 Å². The monoisotopic (exact) mass is 179 g/mol. The van der Waals surface area contributed by atoms with Crippen molar-refractivity contribution < 1.29 is 0 Å². The Hall–Kier alpha value is -1.70. The molecule has 0 aliphatic carbocycles. The van der Waals surface area contributed by atoms with E-state index in [0.717, 1.165) is 0 Å². The predicted octanol–water partition coefficient (Wildman–Crippen LogP) is 1.58. The third-order valence-electron chi connectivity index (χ3n) is 2.66. The molecule has 0 radical (unpaired) electrons. The Kier molecular flexibility index (Phi) is 1.45. The van der Waals surface area contributed by atoms with E-state index >= 15 is 0 Å². The summed E-state index contributed by atoms with van der Waals surface area (Å²) in [6, 6.07) is 14.9. The van der Waals surface area contributed by atoms with Crippen LogP contribution in [0.2, 0.25) is 0 Å². The summed E-state index contributed by atoms with van der Waals surface area (Å²) in [5, 5.41) is 2.63. The van der Waals surface area contributed by atoms with E-state index in [4.69, 9.17) is 0 Å². The zero-order chi connectivity index (χ0) is 9.54. The quantitative estimate of drug-likeness (QED) is 0.504. The number of H-pyrrole nitrogens is 1. The van der Waals surface area contributed by atoms with Crippen molar-refractivity contribution in [2.45, 2.75) is 0 Å². The lowest BCUT2D eigenvalue weighted by atomic mass is 9.94. The molecule has 0 saturated heterocycles. The minimum Gasteiger partial charge on any atom is -0.355 e. The molecule has 1 heterocycles. The average Bonchev–Trinajstić information content (AvgIpc) is 2.56. The Morgan fingerprint density at radius 2 is 1.64 bits per heavy atom. The SMILES string of the molecule is Bc1ccc2[nH]c3ccccc3c2c1. The second-order valence-electron chi connectivity index (χ2n) is 3.72. The zero-order valence-electron chi connectivity index (χ0n) is 8.04. The molecular weight excluding hydrogens is 169 g/mol. The Morgan fingerprint density at radius 1 is 0.857 bits per heavy atom. The standard InChI is InChI=1S/C12H10BN/c13-8-5-6-12-10(7-8)9-3-1-2-4-11(9)14-12/h1-7,14H,13H2. The minimum absolute atomic E-state index is 1.22. The van der Waals surface area contributed by atoms with E-state index in [1.165, 1.54) is 27.3 Å². The third-order valence-corrected chi connectivity index (χ3v) is 2.66. The first-order valence-electron chi connectivity index (χ1n) is 4.82. The van der Waals surface area contributed by atoms with Crippen molar-refractivity contribution in [1.82, 2.24) is 4.98 Å². The molecule has 14 heavy (non-hydrogen) atoms. The molecule has 0 bridgehead atoms. The Bertz CT molecular complexity index is 610. The van der Waals surface area contributed by atoms with Gasteiger partial charge in [0.2, 0.25) is 0 Å². The molecule has 0 fully saturated rings. The molecule has 0 aliphatic rings. The number of aromatic nitrogens is 1. The van der Waals surface area contributed by atoms with Crippen LogP contribution in [0.1, 0.15) is 0 Å². The molecule has 3 aromatic rings. The fourth-order valence-electron chi connectivity index (χ4n) is 1.96. The molecule has 1 N–H and O–H groups in total. The summed E-state index contributed by atoms with van der Waals surface area (Å²) in [4.78, 5) is 3.41. The maximum Gasteiger partial charge on any atom is 0.139 e. The highest BCUT2D eigenvalue weighted by atomic mass is 14.7. The number of hydrogen-bond acceptors (Lipinski definition) is 0. The number of hydrogen-bond donors (Lipinski definition) is 1. The van der Waals surface area contributed by atoms with E-state index < -0.39 is 0 Å². The second kappa shape index (κ2) is 2.64. The number of para-hydroxylation sites is 1. The average molecular weight is 179 g/mol. The van der Waals surface area contributed by atoms with Crippen LogP contribution in [-0.2, 0) is 0 Å². The van der Waals surface area contributed by atoms with Gasteiger partial charge in [0, 0.05) is 21.8 Å². The van der Waals surface area contributed by atoms with Crippen LogP contribution in [0.3, 0.4) is 0 Å². The van der Waals surface area contributed by atoms with Crippen LogP contribution in [0, 0.1) is 0 Å². The van der Waals surface area contributed by atoms with Gasteiger partial charge in [0.25, 0.3) is 0 Å². The van der Waals surface area contributed by atoms with E-state index in [2.05, 4.69) is 55.3 Å². The van der Waals surface area contributed by atoms with Crippen molar-refractivity contribution in [3.63, 3.8) is 0 Å². The van der Waals surface area contributed by atoms with Gasteiger partial charge < -0.3 is 4.98 Å². The largest absolute Gasteiger partial charge is 0.355 e. The Morgan fingerprint density at radius 3 is 2.57 bits per heavy atom. The smallest absolute Gasteiger partial charge is 0.139 e. The van der Waals surface area contributed by atoms with Gasteiger partial charge in [-0.25, -0.2) is 0 Å². The molecule has 2 aromatic carbocycles. The number of benzene rings is 2. The van der Waals surface area contributed by atoms with Gasteiger partial charge in [0.05, 0.1) is 0 Å². The first-order chi connectivity index (χ1) is 6.84. The van der Waals surface area contributed by atoms with Crippen LogP contribution in [0.4, 0.5) is 0 Å². The highest BCUT2D eigenvalue weighted by Gasteiger charge is 2.01. The maximum absolute atomic E-state index is 3.41. The fourth-order valence-corrected chi connectivity index (χ4v) is 1.96. The molecule has 1 nitrogen and oxygen atoms in total. The molecule has 0 aliphatic heterocycles. The summed E-state index contributed by atoms with van der Waals surface area (Å²) < 4.78 is 0. The van der Waals surface area contributed by atoms with E-state index in [1.807, 2.05) is 0 Å². The molecule has 0 atom stereocenters. The minimum atomic E-state index is 1.22. The van der Waals surface area contributed by atoms with Crippen LogP contribution in [0.25, 0.3) is 21.8 Å². The summed E-state index contributed by atoms with van der Waals surface area (Å²) in [7, 11) is 2.13. The molecular formula is C12H10BN. The number of rotatable bonds is 0. The van der Waals surface area contributed by atoms with E-state index in [9.17, 15) is 0 Å². The van der Waals surface area contributed by atoms with Crippen LogP contribution >= 0.6 is 0 Å². The molecule has 66 valence electrons. The summed E-state index contributed by atoms with van der Waals surface area (Å²) in [6.45, 7) is 0. The number of fused-ring (bicyclic) bond motifs is 3. The second-order valence-corrected chi connectivity index (χ2v) is 3.72. The molecule has 0 spiro atoms. The number of aromatic amines is 1. The van der Waals surface area contributed by atoms with Gasteiger partial charge in [-0.05, 0) is 12.1 Å². The van der Waals surface area contributed by atoms with Crippen LogP contribution in [0.15, 0.2) is 42.5 Å². The lowest BCUT2D eigenvalue weighted by molar-refractivity contribution is 1.55. The van der Waals surface area contributed by atoms with Gasteiger partial charge in [-0.1, -0.05) is 35.8 Å². The van der Waals surface area contributed by atoms with Crippen molar-refractivity contribution in [1.29, 1.82) is 0 Å².